The van der Waals surface area contributed by atoms with Gasteiger partial charge in [0.1, 0.15) is 15.8 Å². The summed E-state index contributed by atoms with van der Waals surface area (Å²) in [7, 11) is 0. The molecule has 22 heavy (non-hydrogen) atoms. The Morgan fingerprint density at radius 1 is 1.32 bits per heavy atom. The lowest BCUT2D eigenvalue weighted by Crippen LogP contribution is -2.34. The van der Waals surface area contributed by atoms with Crippen LogP contribution >= 0.6 is 27.3 Å². The highest BCUT2D eigenvalue weighted by Crippen LogP contribution is 2.27. The van der Waals surface area contributed by atoms with Crippen LogP contribution < -0.4 is 10.6 Å². The normalized spacial score (nSPS) is 10.7. The highest BCUT2D eigenvalue weighted by molar-refractivity contribution is 9.10. The second-order valence-electron chi connectivity index (χ2n) is 4.97. The van der Waals surface area contributed by atoms with Crippen LogP contribution in [-0.4, -0.2) is 21.3 Å². The lowest BCUT2D eigenvalue weighted by Gasteiger charge is -2.08. The third kappa shape index (κ3) is 4.41. The van der Waals surface area contributed by atoms with Gasteiger partial charge in [-0.25, -0.2) is 4.79 Å². The van der Waals surface area contributed by atoms with E-state index < -0.39 is 0 Å². The molecule has 3 N–H and O–H groups in total. The lowest BCUT2D eigenvalue weighted by molar-refractivity contribution is 0.240. The number of phenolic OH excluding ortho intramolecular Hbond substituents is 1. The summed E-state index contributed by atoms with van der Waals surface area (Å²) in [4.78, 5) is 11.8. The third-order valence-electron chi connectivity index (χ3n) is 2.89. The molecule has 1 aromatic carbocycles. The maximum absolute atomic E-state index is 11.8. The maximum atomic E-state index is 11.8. The number of carbonyl (C=O) groups is 1. The molecule has 0 atom stereocenters. The Bertz CT molecular complexity index is 660. The predicted molar refractivity (Wildman–Crippen MR) is 88.9 cm³/mol. The summed E-state index contributed by atoms with van der Waals surface area (Å²) in [6, 6.07) is 4.97. The average Bonchev–Trinajstić information content (AvgIpc) is 2.96. The van der Waals surface area contributed by atoms with Gasteiger partial charge in [0.2, 0.25) is 0 Å². The zero-order chi connectivity index (χ0) is 16.1. The molecular formula is C14H17BrN4O2S. The summed E-state index contributed by atoms with van der Waals surface area (Å²) < 4.78 is 0.599. The fourth-order valence-corrected chi connectivity index (χ4v) is 2.86. The Labute approximate surface area is 141 Å². The van der Waals surface area contributed by atoms with Gasteiger partial charge in [0, 0.05) is 18.0 Å². The number of halogens is 1. The van der Waals surface area contributed by atoms with E-state index in [1.165, 1.54) is 11.3 Å². The monoisotopic (exact) mass is 384 g/mol. The molecule has 8 heteroatoms. The first-order valence-electron chi connectivity index (χ1n) is 6.77. The van der Waals surface area contributed by atoms with Gasteiger partial charge in [-0.15, -0.1) is 10.2 Å². The van der Waals surface area contributed by atoms with Gasteiger partial charge >= 0.3 is 6.03 Å². The van der Waals surface area contributed by atoms with E-state index in [0.29, 0.717) is 22.5 Å². The summed E-state index contributed by atoms with van der Waals surface area (Å²) in [5.74, 6) is 0.466. The van der Waals surface area contributed by atoms with E-state index in [9.17, 15) is 9.90 Å². The topological polar surface area (TPSA) is 87.1 Å². The molecule has 0 unspecified atom stereocenters. The Morgan fingerprint density at radius 2 is 2.05 bits per heavy atom. The number of rotatable bonds is 5. The van der Waals surface area contributed by atoms with Gasteiger partial charge in [-0.3, -0.25) is 0 Å². The first-order chi connectivity index (χ1) is 10.5. The third-order valence-corrected chi connectivity index (χ3v) is 4.75. The number of hydrogen-bond acceptors (Lipinski definition) is 5. The summed E-state index contributed by atoms with van der Waals surface area (Å²) in [6.07, 6.45) is 0. The summed E-state index contributed by atoms with van der Waals surface area (Å²) in [6.45, 7) is 4.68. The first kappa shape index (κ1) is 16.7. The number of nitrogens with one attached hydrogen (secondary N) is 2. The standard InChI is InChI=1S/C14H17BrN4O2S/c1-8(2)13-19-18-11(22-13)7-17-14(21)16-6-9-4-3-5-10(15)12(9)20/h3-5,8,20H,6-7H2,1-2H3,(H2,16,17,21). The minimum absolute atomic E-state index is 0.133. The zero-order valence-corrected chi connectivity index (χ0v) is 14.7. The molecule has 1 aromatic heterocycles. The van der Waals surface area contributed by atoms with E-state index in [1.54, 1.807) is 18.2 Å². The second kappa shape index (κ2) is 7.55. The molecule has 0 aliphatic rings. The van der Waals surface area contributed by atoms with Crippen LogP contribution in [0.2, 0.25) is 0 Å². The molecule has 0 bridgehead atoms. The average molecular weight is 385 g/mol. The first-order valence-corrected chi connectivity index (χ1v) is 8.38. The Hall–Kier alpha value is -1.67. The van der Waals surface area contributed by atoms with Gasteiger partial charge in [-0.05, 0) is 22.0 Å². The van der Waals surface area contributed by atoms with Crippen molar-refractivity contribution < 1.29 is 9.90 Å². The van der Waals surface area contributed by atoms with E-state index in [1.807, 2.05) is 0 Å². The van der Waals surface area contributed by atoms with Crippen molar-refractivity contribution in [1.82, 2.24) is 20.8 Å². The molecule has 0 saturated heterocycles. The predicted octanol–water partition coefficient (Wildman–Crippen LogP) is 3.13. The summed E-state index contributed by atoms with van der Waals surface area (Å²) >= 11 is 4.73. The molecule has 0 fully saturated rings. The highest BCUT2D eigenvalue weighted by atomic mass is 79.9. The number of aromatic nitrogens is 2. The van der Waals surface area contributed by atoms with Crippen LogP contribution in [0.25, 0.3) is 0 Å². The minimum atomic E-state index is -0.319. The number of para-hydroxylation sites is 1. The molecule has 6 nitrogen and oxygen atoms in total. The van der Waals surface area contributed by atoms with Crippen LogP contribution in [0, 0.1) is 0 Å². The van der Waals surface area contributed by atoms with Crippen LogP contribution in [0.4, 0.5) is 4.79 Å². The van der Waals surface area contributed by atoms with E-state index in [-0.39, 0.29) is 18.3 Å². The number of carbonyl (C=O) groups excluding carboxylic acids is 1. The van der Waals surface area contributed by atoms with Crippen molar-refractivity contribution in [2.75, 3.05) is 0 Å². The Kier molecular flexibility index (Phi) is 5.73. The molecule has 0 spiro atoms. The van der Waals surface area contributed by atoms with E-state index >= 15 is 0 Å². The van der Waals surface area contributed by atoms with Crippen molar-refractivity contribution in [3.05, 3.63) is 38.3 Å². The van der Waals surface area contributed by atoms with Gasteiger partial charge in [0.25, 0.3) is 0 Å². The molecule has 2 aromatic rings. The molecule has 0 aliphatic carbocycles. The van der Waals surface area contributed by atoms with Crippen molar-refractivity contribution in [3.8, 4) is 5.75 Å². The number of hydrogen-bond donors (Lipinski definition) is 3. The van der Waals surface area contributed by atoms with Crippen molar-refractivity contribution in [3.63, 3.8) is 0 Å². The number of nitrogens with zero attached hydrogens (tertiary/aromatic N) is 2. The van der Waals surface area contributed by atoms with E-state index in [2.05, 4.69) is 50.6 Å². The van der Waals surface area contributed by atoms with E-state index in [0.717, 1.165) is 10.0 Å². The molecule has 0 saturated carbocycles. The summed E-state index contributed by atoms with van der Waals surface area (Å²) in [5.41, 5.74) is 0.641. The molecule has 118 valence electrons. The lowest BCUT2D eigenvalue weighted by atomic mass is 10.2. The second-order valence-corrected chi connectivity index (χ2v) is 6.92. The number of benzene rings is 1. The van der Waals surface area contributed by atoms with Crippen molar-refractivity contribution >= 4 is 33.3 Å². The van der Waals surface area contributed by atoms with Gasteiger partial charge in [-0.2, -0.15) is 0 Å². The fourth-order valence-electron chi connectivity index (χ4n) is 1.67. The Balaban J connectivity index is 1.81. The largest absolute Gasteiger partial charge is 0.506 e. The van der Waals surface area contributed by atoms with Crippen LogP contribution in [0.15, 0.2) is 22.7 Å². The number of phenols is 1. The van der Waals surface area contributed by atoms with Crippen LogP contribution in [0.5, 0.6) is 5.75 Å². The Morgan fingerprint density at radius 3 is 2.73 bits per heavy atom. The van der Waals surface area contributed by atoms with Crippen molar-refractivity contribution in [1.29, 1.82) is 0 Å². The summed E-state index contributed by atoms with van der Waals surface area (Å²) in [5, 5.41) is 25.1. The van der Waals surface area contributed by atoms with Gasteiger partial charge in [0.15, 0.2) is 0 Å². The van der Waals surface area contributed by atoms with Gasteiger partial charge in [0.05, 0.1) is 11.0 Å². The van der Waals surface area contributed by atoms with Crippen LogP contribution in [-0.2, 0) is 13.1 Å². The number of aromatic hydroxyl groups is 1. The van der Waals surface area contributed by atoms with Gasteiger partial charge in [-0.1, -0.05) is 37.3 Å². The van der Waals surface area contributed by atoms with Gasteiger partial charge < -0.3 is 15.7 Å². The number of urea groups is 1. The minimum Gasteiger partial charge on any atom is -0.506 e. The number of amides is 2. The molecule has 2 rings (SSSR count). The molecular weight excluding hydrogens is 368 g/mol. The van der Waals surface area contributed by atoms with Crippen LogP contribution in [0.1, 0.15) is 35.3 Å². The SMILES string of the molecule is CC(C)c1nnc(CNC(=O)NCc2cccc(Br)c2O)s1. The molecule has 0 aliphatic heterocycles. The smallest absolute Gasteiger partial charge is 0.315 e. The zero-order valence-electron chi connectivity index (χ0n) is 12.3. The quantitative estimate of drug-likeness (QED) is 0.738. The molecule has 0 radical (unpaired) electrons. The van der Waals surface area contributed by atoms with E-state index in [4.69, 9.17) is 0 Å². The maximum Gasteiger partial charge on any atom is 0.315 e. The highest BCUT2D eigenvalue weighted by Gasteiger charge is 2.10. The molecule has 2 amide bonds. The van der Waals surface area contributed by atoms with Crippen LogP contribution in [0.3, 0.4) is 0 Å². The van der Waals surface area contributed by atoms with Crippen molar-refractivity contribution in [2.45, 2.75) is 32.9 Å². The fraction of sp³-hybridized carbons (Fsp3) is 0.357. The molecule has 1 heterocycles. The van der Waals surface area contributed by atoms with Crippen molar-refractivity contribution in [2.24, 2.45) is 0 Å².